The van der Waals surface area contributed by atoms with Crippen molar-refractivity contribution in [2.24, 2.45) is 10.9 Å². The van der Waals surface area contributed by atoms with E-state index in [1.165, 1.54) is 12.3 Å². The highest BCUT2D eigenvalue weighted by molar-refractivity contribution is 5.84. The maximum Gasteiger partial charge on any atom is 0.0967 e. The second-order valence-corrected chi connectivity index (χ2v) is 3.38. The molecule has 2 heteroatoms. The minimum atomic E-state index is 0.620. The van der Waals surface area contributed by atoms with Gasteiger partial charge in [-0.3, -0.25) is 4.99 Å². The highest BCUT2D eigenvalue weighted by Gasteiger charge is 2.41. The van der Waals surface area contributed by atoms with Crippen molar-refractivity contribution >= 4 is 5.84 Å². The third kappa shape index (κ3) is 0.678. The van der Waals surface area contributed by atoms with Gasteiger partial charge in [-0.1, -0.05) is 13.8 Å². The van der Waals surface area contributed by atoms with Gasteiger partial charge in [-0.25, -0.2) is 0 Å². The van der Waals surface area contributed by atoms with E-state index in [-0.39, 0.29) is 0 Å². The Morgan fingerprint density at radius 2 is 2.50 bits per heavy atom. The van der Waals surface area contributed by atoms with Gasteiger partial charge in [0, 0.05) is 6.42 Å². The maximum atomic E-state index is 4.56. The Morgan fingerprint density at radius 3 is 3.00 bits per heavy atom. The second-order valence-electron chi connectivity index (χ2n) is 3.38. The van der Waals surface area contributed by atoms with E-state index in [2.05, 4.69) is 24.2 Å². The molecule has 0 amide bonds. The standard InChI is InChI=1S/C8H14N2/c1-3-7-9-6-4-5(2)8(6)10-7/h5-6,8H,3-4H2,1-2H3,(H,9,10). The van der Waals surface area contributed by atoms with Crippen molar-refractivity contribution in [3.63, 3.8) is 0 Å². The Morgan fingerprint density at radius 1 is 1.70 bits per heavy atom. The van der Waals surface area contributed by atoms with Crippen molar-refractivity contribution in [1.29, 1.82) is 0 Å². The largest absolute Gasteiger partial charge is 0.369 e. The molecule has 1 N–H and O–H groups in total. The summed E-state index contributed by atoms with van der Waals surface area (Å²) in [5.74, 6) is 2.04. The van der Waals surface area contributed by atoms with Crippen LogP contribution in [0.15, 0.2) is 4.99 Å². The quantitative estimate of drug-likeness (QED) is 0.578. The molecule has 2 rings (SSSR count). The zero-order valence-corrected chi connectivity index (χ0v) is 6.59. The number of rotatable bonds is 1. The predicted octanol–water partition coefficient (Wildman–Crippen LogP) is 1.18. The molecule has 0 spiro atoms. The van der Waals surface area contributed by atoms with Crippen molar-refractivity contribution in [3.8, 4) is 0 Å². The lowest BCUT2D eigenvalue weighted by atomic mass is 9.77. The van der Waals surface area contributed by atoms with Crippen LogP contribution in [0.5, 0.6) is 0 Å². The van der Waals surface area contributed by atoms with E-state index in [0.29, 0.717) is 12.1 Å². The van der Waals surface area contributed by atoms with Crippen LogP contribution < -0.4 is 5.32 Å². The summed E-state index contributed by atoms with van der Waals surface area (Å²) in [7, 11) is 0. The van der Waals surface area contributed by atoms with Gasteiger partial charge in [-0.05, 0) is 12.3 Å². The molecule has 0 bridgehead atoms. The summed E-state index contributed by atoms with van der Waals surface area (Å²) in [6.45, 7) is 4.44. The van der Waals surface area contributed by atoms with Crippen LogP contribution in [0.3, 0.4) is 0 Å². The van der Waals surface area contributed by atoms with Crippen LogP contribution in [0.25, 0.3) is 0 Å². The van der Waals surface area contributed by atoms with E-state index in [4.69, 9.17) is 0 Å². The zero-order chi connectivity index (χ0) is 7.14. The summed E-state index contributed by atoms with van der Waals surface area (Å²) in [5.41, 5.74) is 0. The van der Waals surface area contributed by atoms with Gasteiger partial charge in [0.25, 0.3) is 0 Å². The van der Waals surface area contributed by atoms with Gasteiger partial charge >= 0.3 is 0 Å². The molecule has 0 radical (unpaired) electrons. The van der Waals surface area contributed by atoms with E-state index < -0.39 is 0 Å². The SMILES string of the molecule is CCC1=NC2C(C)CC2N1. The van der Waals surface area contributed by atoms with Crippen molar-refractivity contribution in [1.82, 2.24) is 5.32 Å². The smallest absolute Gasteiger partial charge is 0.0967 e. The lowest BCUT2D eigenvalue weighted by Crippen LogP contribution is -2.48. The van der Waals surface area contributed by atoms with Crippen LogP contribution in [-0.4, -0.2) is 17.9 Å². The Hall–Kier alpha value is -0.530. The number of aliphatic imine (C=N–C) groups is 1. The van der Waals surface area contributed by atoms with E-state index >= 15 is 0 Å². The fourth-order valence-corrected chi connectivity index (χ4v) is 1.87. The fraction of sp³-hybridized carbons (Fsp3) is 0.875. The molecule has 1 saturated carbocycles. The molecule has 0 aromatic heterocycles. The zero-order valence-electron chi connectivity index (χ0n) is 6.59. The normalized spacial score (nSPS) is 43.4. The first kappa shape index (κ1) is 6.20. The summed E-state index contributed by atoms with van der Waals surface area (Å²) in [4.78, 5) is 4.56. The lowest BCUT2D eigenvalue weighted by Gasteiger charge is -2.35. The molecule has 0 aromatic carbocycles. The number of amidine groups is 1. The van der Waals surface area contributed by atoms with E-state index in [9.17, 15) is 0 Å². The van der Waals surface area contributed by atoms with Crippen LogP contribution in [0.2, 0.25) is 0 Å². The van der Waals surface area contributed by atoms with Crippen LogP contribution in [0, 0.1) is 5.92 Å². The number of hydrogen-bond donors (Lipinski definition) is 1. The van der Waals surface area contributed by atoms with Gasteiger partial charge in [0.15, 0.2) is 0 Å². The Bertz CT molecular complexity index is 174. The molecule has 1 aliphatic carbocycles. The predicted molar refractivity (Wildman–Crippen MR) is 42.2 cm³/mol. The topological polar surface area (TPSA) is 24.4 Å². The summed E-state index contributed by atoms with van der Waals surface area (Å²) >= 11 is 0. The van der Waals surface area contributed by atoms with Crippen molar-refractivity contribution in [2.75, 3.05) is 0 Å². The molecule has 2 nitrogen and oxygen atoms in total. The van der Waals surface area contributed by atoms with Crippen LogP contribution in [0.4, 0.5) is 0 Å². The molecule has 3 unspecified atom stereocenters. The highest BCUT2D eigenvalue weighted by Crippen LogP contribution is 2.33. The van der Waals surface area contributed by atoms with Gasteiger partial charge in [0.05, 0.1) is 17.9 Å². The number of nitrogens with one attached hydrogen (secondary N) is 1. The van der Waals surface area contributed by atoms with Crippen LogP contribution in [-0.2, 0) is 0 Å². The minimum Gasteiger partial charge on any atom is -0.369 e. The molecule has 56 valence electrons. The lowest BCUT2D eigenvalue weighted by molar-refractivity contribution is 0.234. The summed E-state index contributed by atoms with van der Waals surface area (Å²) in [5, 5.41) is 3.42. The van der Waals surface area contributed by atoms with Crippen molar-refractivity contribution in [2.45, 2.75) is 38.8 Å². The first-order valence-corrected chi connectivity index (χ1v) is 4.14. The maximum absolute atomic E-state index is 4.56. The molecule has 2 aliphatic rings. The number of hydrogen-bond acceptors (Lipinski definition) is 2. The van der Waals surface area contributed by atoms with E-state index in [0.717, 1.165) is 12.3 Å². The molecule has 1 fully saturated rings. The molecule has 10 heavy (non-hydrogen) atoms. The molecule has 0 aromatic rings. The molecule has 0 saturated heterocycles. The third-order valence-corrected chi connectivity index (χ3v) is 2.61. The highest BCUT2D eigenvalue weighted by atomic mass is 15.2. The van der Waals surface area contributed by atoms with Gasteiger partial charge in [0.2, 0.25) is 0 Å². The second kappa shape index (κ2) is 1.97. The molecule has 1 aliphatic heterocycles. The van der Waals surface area contributed by atoms with Crippen LogP contribution in [0.1, 0.15) is 26.7 Å². The fourth-order valence-electron chi connectivity index (χ4n) is 1.87. The molecule has 3 atom stereocenters. The molecule has 1 heterocycles. The van der Waals surface area contributed by atoms with E-state index in [1.54, 1.807) is 0 Å². The average Bonchev–Trinajstić information content (AvgIpc) is 2.26. The number of nitrogens with zero attached hydrogens (tertiary/aromatic N) is 1. The monoisotopic (exact) mass is 138 g/mol. The van der Waals surface area contributed by atoms with Crippen LogP contribution >= 0.6 is 0 Å². The Kier molecular flexibility index (Phi) is 1.22. The Labute approximate surface area is 61.7 Å². The van der Waals surface area contributed by atoms with Crippen molar-refractivity contribution < 1.29 is 0 Å². The summed E-state index contributed by atoms with van der Waals surface area (Å²) in [6.07, 6.45) is 2.39. The van der Waals surface area contributed by atoms with Gasteiger partial charge in [-0.15, -0.1) is 0 Å². The summed E-state index contributed by atoms with van der Waals surface area (Å²) in [6, 6.07) is 1.32. The van der Waals surface area contributed by atoms with Gasteiger partial charge in [0.1, 0.15) is 0 Å². The van der Waals surface area contributed by atoms with Crippen molar-refractivity contribution in [3.05, 3.63) is 0 Å². The Balaban J connectivity index is 2.05. The van der Waals surface area contributed by atoms with E-state index in [1.807, 2.05) is 0 Å². The minimum absolute atomic E-state index is 0.620. The average molecular weight is 138 g/mol. The summed E-state index contributed by atoms with van der Waals surface area (Å²) < 4.78 is 0. The first-order valence-electron chi connectivity index (χ1n) is 4.14. The van der Waals surface area contributed by atoms with Gasteiger partial charge < -0.3 is 5.32 Å². The number of fused-ring (bicyclic) bond motifs is 1. The van der Waals surface area contributed by atoms with Gasteiger partial charge in [-0.2, -0.15) is 0 Å². The molecular weight excluding hydrogens is 124 g/mol. The third-order valence-electron chi connectivity index (χ3n) is 2.61. The molecular formula is C8H14N2. The first-order chi connectivity index (χ1) is 4.81.